The molecule has 2 heterocycles. The highest BCUT2D eigenvalue weighted by Crippen LogP contribution is 2.37. The third-order valence-corrected chi connectivity index (χ3v) is 5.96. The summed E-state index contributed by atoms with van der Waals surface area (Å²) in [5.74, 6) is -0.174. The van der Waals surface area contributed by atoms with Crippen molar-refractivity contribution in [2.24, 2.45) is 5.92 Å². The summed E-state index contributed by atoms with van der Waals surface area (Å²) in [6.07, 6.45) is 1.64. The molecule has 31 heavy (non-hydrogen) atoms. The van der Waals surface area contributed by atoms with Gasteiger partial charge in [0.2, 0.25) is 5.91 Å². The molecule has 1 aliphatic heterocycles. The van der Waals surface area contributed by atoms with Crippen LogP contribution < -0.4 is 15.8 Å². The lowest BCUT2D eigenvalue weighted by atomic mass is 9.94. The molecule has 2 N–H and O–H groups in total. The van der Waals surface area contributed by atoms with Gasteiger partial charge >= 0.3 is 0 Å². The van der Waals surface area contributed by atoms with Crippen LogP contribution in [0.4, 0.5) is 5.69 Å². The number of piperidine rings is 1. The van der Waals surface area contributed by atoms with Gasteiger partial charge in [-0.15, -0.1) is 0 Å². The standard InChI is InChI=1S/C24H26ClN3O3/c1-31-13-11-26-23(29)17-8-5-12-28(15-17)22-21(16-6-3-2-4-7-16)19-14-18(25)9-10-20(19)27-24(22)30/h2-4,6-7,9-10,14,17H,5,8,11-13,15H2,1H3,(H,26,29)(H,27,30)/t17-/m0/s1. The summed E-state index contributed by atoms with van der Waals surface area (Å²) in [6, 6.07) is 15.4. The molecule has 4 rings (SSSR count). The van der Waals surface area contributed by atoms with Gasteiger partial charge in [-0.2, -0.15) is 0 Å². The van der Waals surface area contributed by atoms with E-state index < -0.39 is 0 Å². The maximum Gasteiger partial charge on any atom is 0.272 e. The van der Waals surface area contributed by atoms with Gasteiger partial charge in [0.15, 0.2) is 0 Å². The number of nitrogens with zero attached hydrogens (tertiary/aromatic N) is 1. The number of H-pyrrole nitrogens is 1. The van der Waals surface area contributed by atoms with Crippen LogP contribution in [0.5, 0.6) is 0 Å². The lowest BCUT2D eigenvalue weighted by molar-refractivity contribution is -0.125. The molecule has 0 spiro atoms. The number of rotatable bonds is 6. The Morgan fingerprint density at radius 3 is 2.84 bits per heavy atom. The van der Waals surface area contributed by atoms with Gasteiger partial charge in [0, 0.05) is 48.2 Å². The Hall–Kier alpha value is -2.83. The first-order valence-electron chi connectivity index (χ1n) is 10.5. The Bertz CT molecular complexity index is 1130. The van der Waals surface area contributed by atoms with Crippen molar-refractivity contribution < 1.29 is 9.53 Å². The Balaban J connectivity index is 1.77. The molecule has 7 heteroatoms. The number of halogens is 1. The number of carbonyl (C=O) groups is 1. The average molecular weight is 440 g/mol. The molecule has 0 unspecified atom stereocenters. The maximum absolute atomic E-state index is 13.3. The van der Waals surface area contributed by atoms with Crippen LogP contribution in [0.3, 0.4) is 0 Å². The third kappa shape index (κ3) is 4.60. The molecular formula is C24H26ClN3O3. The van der Waals surface area contributed by atoms with Gasteiger partial charge in [0.1, 0.15) is 5.69 Å². The molecule has 1 aromatic heterocycles. The van der Waals surface area contributed by atoms with Crippen LogP contribution in [0.1, 0.15) is 12.8 Å². The summed E-state index contributed by atoms with van der Waals surface area (Å²) in [7, 11) is 1.61. The van der Waals surface area contributed by atoms with Crippen molar-refractivity contribution in [2.45, 2.75) is 12.8 Å². The maximum atomic E-state index is 13.3. The number of anilines is 1. The summed E-state index contributed by atoms with van der Waals surface area (Å²) in [4.78, 5) is 31.0. The lowest BCUT2D eigenvalue weighted by Gasteiger charge is -2.34. The first-order chi connectivity index (χ1) is 15.1. The summed E-state index contributed by atoms with van der Waals surface area (Å²) in [5.41, 5.74) is 2.97. The molecule has 3 aromatic rings. The van der Waals surface area contributed by atoms with E-state index in [1.807, 2.05) is 47.4 Å². The van der Waals surface area contributed by atoms with Crippen LogP contribution >= 0.6 is 11.6 Å². The molecule has 0 bridgehead atoms. The smallest absolute Gasteiger partial charge is 0.272 e. The van der Waals surface area contributed by atoms with Crippen molar-refractivity contribution in [2.75, 3.05) is 38.3 Å². The quantitative estimate of drug-likeness (QED) is 0.572. The van der Waals surface area contributed by atoms with E-state index >= 15 is 0 Å². The molecule has 1 amide bonds. The number of benzene rings is 2. The van der Waals surface area contributed by atoms with Crippen molar-refractivity contribution >= 4 is 34.1 Å². The van der Waals surface area contributed by atoms with Gasteiger partial charge in [0.05, 0.1) is 12.5 Å². The van der Waals surface area contributed by atoms with Gasteiger partial charge in [-0.05, 0) is 36.6 Å². The molecular weight excluding hydrogens is 414 g/mol. The van der Waals surface area contributed by atoms with Gasteiger partial charge in [-0.1, -0.05) is 41.9 Å². The predicted octanol–water partition coefficient (Wildman–Crippen LogP) is 3.83. The molecule has 0 radical (unpaired) electrons. The van der Waals surface area contributed by atoms with E-state index in [0.29, 0.717) is 30.4 Å². The monoisotopic (exact) mass is 439 g/mol. The molecule has 1 fully saturated rings. The highest BCUT2D eigenvalue weighted by Gasteiger charge is 2.29. The number of amides is 1. The molecule has 1 saturated heterocycles. The molecule has 6 nitrogen and oxygen atoms in total. The summed E-state index contributed by atoms with van der Waals surface area (Å²) < 4.78 is 5.02. The van der Waals surface area contributed by atoms with E-state index in [4.69, 9.17) is 16.3 Å². The van der Waals surface area contributed by atoms with Crippen LogP contribution in [0, 0.1) is 5.92 Å². The van der Waals surface area contributed by atoms with E-state index in [-0.39, 0.29) is 17.4 Å². The van der Waals surface area contributed by atoms with Gasteiger partial charge in [-0.3, -0.25) is 9.59 Å². The van der Waals surface area contributed by atoms with Crippen LogP contribution in [-0.2, 0) is 9.53 Å². The topological polar surface area (TPSA) is 74.4 Å². The molecule has 2 aromatic carbocycles. The molecule has 162 valence electrons. The van der Waals surface area contributed by atoms with E-state index in [0.717, 1.165) is 41.4 Å². The van der Waals surface area contributed by atoms with Crippen molar-refractivity contribution in [1.29, 1.82) is 0 Å². The van der Waals surface area contributed by atoms with Crippen LogP contribution in [0.25, 0.3) is 22.0 Å². The number of aromatic amines is 1. The number of ether oxygens (including phenoxy) is 1. The Morgan fingerprint density at radius 1 is 1.26 bits per heavy atom. The van der Waals surface area contributed by atoms with Crippen molar-refractivity contribution in [1.82, 2.24) is 10.3 Å². The van der Waals surface area contributed by atoms with Crippen molar-refractivity contribution in [3.63, 3.8) is 0 Å². The van der Waals surface area contributed by atoms with E-state index in [9.17, 15) is 9.59 Å². The molecule has 1 aliphatic rings. The van der Waals surface area contributed by atoms with Crippen LogP contribution in [-0.4, -0.2) is 44.2 Å². The van der Waals surface area contributed by atoms with E-state index in [1.165, 1.54) is 0 Å². The number of pyridine rings is 1. The Morgan fingerprint density at radius 2 is 2.06 bits per heavy atom. The number of fused-ring (bicyclic) bond motifs is 1. The fourth-order valence-electron chi connectivity index (χ4n) is 4.27. The average Bonchev–Trinajstić information content (AvgIpc) is 2.79. The Kier molecular flexibility index (Phi) is 6.59. The van der Waals surface area contributed by atoms with Gasteiger partial charge < -0.3 is 19.9 Å². The SMILES string of the molecule is COCCNC(=O)[C@H]1CCCN(c2c(-c3ccccc3)c3cc(Cl)ccc3[nH]c2=O)C1. The predicted molar refractivity (Wildman–Crippen MR) is 125 cm³/mol. The zero-order valence-electron chi connectivity index (χ0n) is 17.5. The van der Waals surface area contributed by atoms with Crippen LogP contribution in [0.15, 0.2) is 53.3 Å². The summed E-state index contributed by atoms with van der Waals surface area (Å²) in [6.45, 7) is 2.17. The second kappa shape index (κ2) is 9.54. The second-order valence-electron chi connectivity index (χ2n) is 7.80. The molecule has 0 aliphatic carbocycles. The fourth-order valence-corrected chi connectivity index (χ4v) is 4.44. The first kappa shape index (κ1) is 21.4. The summed E-state index contributed by atoms with van der Waals surface area (Å²) >= 11 is 6.31. The minimum absolute atomic E-state index is 0.00303. The number of methoxy groups -OCH3 is 1. The van der Waals surface area contributed by atoms with Crippen molar-refractivity contribution in [3.8, 4) is 11.1 Å². The number of carbonyl (C=O) groups excluding carboxylic acids is 1. The normalized spacial score (nSPS) is 16.5. The third-order valence-electron chi connectivity index (χ3n) is 5.73. The first-order valence-corrected chi connectivity index (χ1v) is 10.9. The van der Waals surface area contributed by atoms with E-state index in [2.05, 4.69) is 10.3 Å². The number of aromatic nitrogens is 1. The van der Waals surface area contributed by atoms with Gasteiger partial charge in [0.25, 0.3) is 5.56 Å². The van der Waals surface area contributed by atoms with Crippen LogP contribution in [0.2, 0.25) is 5.02 Å². The minimum atomic E-state index is -0.177. The highest BCUT2D eigenvalue weighted by atomic mass is 35.5. The minimum Gasteiger partial charge on any atom is -0.383 e. The molecule has 0 saturated carbocycles. The van der Waals surface area contributed by atoms with Gasteiger partial charge in [-0.25, -0.2) is 0 Å². The Labute approximate surface area is 186 Å². The largest absolute Gasteiger partial charge is 0.383 e. The number of hydrogen-bond donors (Lipinski definition) is 2. The number of hydrogen-bond acceptors (Lipinski definition) is 4. The zero-order valence-corrected chi connectivity index (χ0v) is 18.2. The zero-order chi connectivity index (χ0) is 21.8. The number of nitrogens with one attached hydrogen (secondary N) is 2. The second-order valence-corrected chi connectivity index (χ2v) is 8.24. The fraction of sp³-hybridized carbons (Fsp3) is 0.333. The highest BCUT2D eigenvalue weighted by molar-refractivity contribution is 6.31. The summed E-state index contributed by atoms with van der Waals surface area (Å²) in [5, 5.41) is 4.43. The molecule has 1 atom stereocenters. The lowest BCUT2D eigenvalue weighted by Crippen LogP contribution is -2.45. The van der Waals surface area contributed by atoms with E-state index in [1.54, 1.807) is 13.2 Å². The van der Waals surface area contributed by atoms with Crippen molar-refractivity contribution in [3.05, 3.63) is 63.9 Å².